The van der Waals surface area contributed by atoms with Crippen LogP contribution < -0.4 is 5.32 Å². The fraction of sp³-hybridized carbons (Fsp3) is 1.00. The van der Waals surface area contributed by atoms with Crippen LogP contribution in [-0.4, -0.2) is 73.2 Å². The molecule has 0 amide bonds. The number of hydrogen-bond acceptors (Lipinski definition) is 4. The molecule has 2 aliphatic rings. The molecule has 0 spiro atoms. The van der Waals surface area contributed by atoms with Crippen LogP contribution >= 0.6 is 11.8 Å². The van der Waals surface area contributed by atoms with Crippen LogP contribution in [0.3, 0.4) is 0 Å². The molecule has 0 aromatic rings. The van der Waals surface area contributed by atoms with E-state index in [0.717, 1.165) is 11.3 Å². The van der Waals surface area contributed by atoms with Crippen molar-refractivity contribution in [3.63, 3.8) is 0 Å². The molecule has 100 valence electrons. The van der Waals surface area contributed by atoms with Crippen molar-refractivity contribution in [2.75, 3.05) is 52.1 Å². The van der Waals surface area contributed by atoms with E-state index in [0.29, 0.717) is 0 Å². The summed E-state index contributed by atoms with van der Waals surface area (Å²) in [4.78, 5) is 5.11. The number of rotatable bonds is 4. The summed E-state index contributed by atoms with van der Waals surface area (Å²) in [6.45, 7) is 9.82. The molecule has 0 bridgehead atoms. The fourth-order valence-electron chi connectivity index (χ4n) is 2.64. The Bertz CT molecular complexity index is 219. The van der Waals surface area contributed by atoms with Crippen LogP contribution in [0.5, 0.6) is 0 Å². The van der Waals surface area contributed by atoms with Gasteiger partial charge in [0.05, 0.1) is 0 Å². The smallest absolute Gasteiger partial charge is 0.0192 e. The van der Waals surface area contributed by atoms with E-state index in [9.17, 15) is 0 Å². The molecule has 2 fully saturated rings. The Labute approximate surface area is 110 Å². The Morgan fingerprint density at radius 3 is 2.71 bits per heavy atom. The first kappa shape index (κ1) is 13.7. The highest BCUT2D eigenvalue weighted by Crippen LogP contribution is 2.20. The minimum Gasteiger partial charge on any atom is -0.317 e. The van der Waals surface area contributed by atoms with E-state index in [4.69, 9.17) is 0 Å². The van der Waals surface area contributed by atoms with Crippen LogP contribution in [0.1, 0.15) is 19.8 Å². The van der Waals surface area contributed by atoms with E-state index in [2.05, 4.69) is 40.8 Å². The molecule has 2 rings (SSSR count). The van der Waals surface area contributed by atoms with Gasteiger partial charge in [-0.3, -0.25) is 4.90 Å². The van der Waals surface area contributed by atoms with Crippen molar-refractivity contribution in [2.45, 2.75) is 31.1 Å². The molecule has 17 heavy (non-hydrogen) atoms. The van der Waals surface area contributed by atoms with E-state index in [1.54, 1.807) is 0 Å². The molecule has 0 aromatic carbocycles. The van der Waals surface area contributed by atoms with Gasteiger partial charge in [0, 0.05) is 43.2 Å². The summed E-state index contributed by atoms with van der Waals surface area (Å²) in [5.41, 5.74) is 0. The highest BCUT2D eigenvalue weighted by atomic mass is 32.2. The minimum atomic E-state index is 0.729. The summed E-state index contributed by atoms with van der Waals surface area (Å²) >= 11 is 2.20. The quantitative estimate of drug-likeness (QED) is 0.813. The van der Waals surface area contributed by atoms with E-state index in [1.807, 2.05) is 0 Å². The topological polar surface area (TPSA) is 18.5 Å². The zero-order chi connectivity index (χ0) is 12.1. The molecule has 2 aliphatic heterocycles. The van der Waals surface area contributed by atoms with E-state index >= 15 is 0 Å². The van der Waals surface area contributed by atoms with E-state index in [1.165, 1.54) is 57.9 Å². The highest BCUT2D eigenvalue weighted by Gasteiger charge is 2.20. The second kappa shape index (κ2) is 6.98. The summed E-state index contributed by atoms with van der Waals surface area (Å²) in [6, 6.07) is 0.729. The first-order chi connectivity index (χ1) is 8.25. The lowest BCUT2D eigenvalue weighted by atomic mass is 10.2. The van der Waals surface area contributed by atoms with Crippen molar-refractivity contribution in [1.82, 2.24) is 15.1 Å². The number of hydrogen-bond donors (Lipinski definition) is 1. The normalized spacial score (nSPS) is 29.6. The van der Waals surface area contributed by atoms with Crippen LogP contribution in [0.25, 0.3) is 0 Å². The summed E-state index contributed by atoms with van der Waals surface area (Å²) in [7, 11) is 2.24. The van der Waals surface area contributed by atoms with Crippen LogP contribution in [0.4, 0.5) is 0 Å². The lowest BCUT2D eigenvalue weighted by Crippen LogP contribution is -2.50. The van der Waals surface area contributed by atoms with E-state index in [-0.39, 0.29) is 0 Å². The molecule has 0 saturated carbocycles. The molecule has 4 heteroatoms. The summed E-state index contributed by atoms with van der Waals surface area (Å²) in [5.74, 6) is 1.32. The van der Waals surface area contributed by atoms with Crippen LogP contribution in [0, 0.1) is 0 Å². The zero-order valence-corrected chi connectivity index (χ0v) is 12.1. The molecule has 1 atom stereocenters. The zero-order valence-electron chi connectivity index (χ0n) is 11.3. The SMILES string of the molecule is CC1CN(CCSC2CCNCC2)CCN1C. The summed E-state index contributed by atoms with van der Waals surface area (Å²) in [6.07, 6.45) is 2.73. The van der Waals surface area contributed by atoms with Crippen LogP contribution in [0.2, 0.25) is 0 Å². The third-order valence-electron chi connectivity index (χ3n) is 4.09. The van der Waals surface area contributed by atoms with Gasteiger partial charge in [-0.2, -0.15) is 11.8 Å². The largest absolute Gasteiger partial charge is 0.317 e. The number of thioether (sulfide) groups is 1. The predicted octanol–water partition coefficient (Wildman–Crippen LogP) is 1.11. The van der Waals surface area contributed by atoms with Gasteiger partial charge in [-0.1, -0.05) is 0 Å². The Morgan fingerprint density at radius 2 is 2.00 bits per heavy atom. The Morgan fingerprint density at radius 1 is 1.24 bits per heavy atom. The Kier molecular flexibility index (Phi) is 5.60. The standard InChI is InChI=1S/C13H27N3S/c1-12-11-16(8-7-15(12)2)9-10-17-13-3-5-14-6-4-13/h12-14H,3-11H2,1-2H3. The van der Waals surface area contributed by atoms with E-state index < -0.39 is 0 Å². The van der Waals surface area contributed by atoms with Gasteiger partial charge < -0.3 is 10.2 Å². The molecule has 3 nitrogen and oxygen atoms in total. The first-order valence-corrected chi connectivity index (χ1v) is 8.05. The molecule has 1 unspecified atom stereocenters. The maximum Gasteiger partial charge on any atom is 0.0192 e. The highest BCUT2D eigenvalue weighted by molar-refractivity contribution is 7.99. The number of likely N-dealkylation sites (N-methyl/N-ethyl adjacent to an activating group) is 1. The van der Waals surface area contributed by atoms with Gasteiger partial charge in [-0.25, -0.2) is 0 Å². The lowest BCUT2D eigenvalue weighted by molar-refractivity contribution is 0.110. The van der Waals surface area contributed by atoms with Crippen molar-refractivity contribution in [3.05, 3.63) is 0 Å². The van der Waals surface area contributed by atoms with Gasteiger partial charge in [0.15, 0.2) is 0 Å². The number of piperidine rings is 1. The van der Waals surface area contributed by atoms with Crippen molar-refractivity contribution >= 4 is 11.8 Å². The second-order valence-corrected chi connectivity index (χ2v) is 6.86. The molecule has 0 radical (unpaired) electrons. The predicted molar refractivity (Wildman–Crippen MR) is 76.9 cm³/mol. The summed E-state index contributed by atoms with van der Waals surface area (Å²) in [5, 5.41) is 4.35. The molecule has 0 aromatic heterocycles. The minimum absolute atomic E-state index is 0.729. The molecular weight excluding hydrogens is 230 g/mol. The maximum absolute atomic E-state index is 3.44. The average Bonchev–Trinajstić information content (AvgIpc) is 2.35. The number of nitrogens with one attached hydrogen (secondary N) is 1. The van der Waals surface area contributed by atoms with Gasteiger partial charge in [-0.05, 0) is 39.9 Å². The third kappa shape index (κ3) is 4.43. The lowest BCUT2D eigenvalue weighted by Gasteiger charge is -2.37. The molecule has 2 saturated heterocycles. The second-order valence-electron chi connectivity index (χ2n) is 5.45. The van der Waals surface area contributed by atoms with Gasteiger partial charge >= 0.3 is 0 Å². The average molecular weight is 257 g/mol. The maximum atomic E-state index is 3.44. The molecular formula is C13H27N3S. The Hall–Kier alpha value is 0.230. The van der Waals surface area contributed by atoms with Gasteiger partial charge in [0.25, 0.3) is 0 Å². The van der Waals surface area contributed by atoms with Gasteiger partial charge in [-0.15, -0.1) is 0 Å². The Balaban J connectivity index is 1.58. The number of nitrogens with zero attached hydrogens (tertiary/aromatic N) is 2. The van der Waals surface area contributed by atoms with Gasteiger partial charge in [0.2, 0.25) is 0 Å². The van der Waals surface area contributed by atoms with Crippen molar-refractivity contribution in [3.8, 4) is 0 Å². The summed E-state index contributed by atoms with van der Waals surface area (Å²) < 4.78 is 0. The van der Waals surface area contributed by atoms with Crippen molar-refractivity contribution in [2.24, 2.45) is 0 Å². The van der Waals surface area contributed by atoms with Crippen molar-refractivity contribution in [1.29, 1.82) is 0 Å². The third-order valence-corrected chi connectivity index (χ3v) is 5.45. The number of piperazine rings is 1. The molecule has 2 heterocycles. The van der Waals surface area contributed by atoms with Crippen LogP contribution in [0.15, 0.2) is 0 Å². The molecule has 1 N–H and O–H groups in total. The van der Waals surface area contributed by atoms with Crippen LogP contribution in [-0.2, 0) is 0 Å². The van der Waals surface area contributed by atoms with Crippen molar-refractivity contribution < 1.29 is 0 Å². The van der Waals surface area contributed by atoms with Gasteiger partial charge in [0.1, 0.15) is 0 Å². The first-order valence-electron chi connectivity index (χ1n) is 7.00. The molecule has 0 aliphatic carbocycles. The fourth-order valence-corrected chi connectivity index (χ4v) is 3.90. The monoisotopic (exact) mass is 257 g/mol.